The summed E-state index contributed by atoms with van der Waals surface area (Å²) in [5, 5.41) is 0. The van der Waals surface area contributed by atoms with Crippen LogP contribution in [0.25, 0.3) is 0 Å². The number of piperidine rings is 1. The summed E-state index contributed by atoms with van der Waals surface area (Å²) >= 11 is 0. The van der Waals surface area contributed by atoms with E-state index in [4.69, 9.17) is 5.73 Å². The van der Waals surface area contributed by atoms with Gasteiger partial charge in [-0.1, -0.05) is 6.92 Å². The molecule has 104 valence electrons. The molecule has 19 heavy (non-hydrogen) atoms. The highest BCUT2D eigenvalue weighted by Crippen LogP contribution is 2.24. The van der Waals surface area contributed by atoms with Gasteiger partial charge in [-0.15, -0.1) is 0 Å². The van der Waals surface area contributed by atoms with Crippen molar-refractivity contribution in [3.63, 3.8) is 0 Å². The Morgan fingerprint density at radius 1 is 1.42 bits per heavy atom. The first-order valence-electron chi connectivity index (χ1n) is 6.50. The van der Waals surface area contributed by atoms with Crippen molar-refractivity contribution in [2.75, 3.05) is 13.1 Å². The lowest BCUT2D eigenvalue weighted by atomic mass is 9.90. The molecule has 1 heterocycles. The van der Waals surface area contributed by atoms with E-state index in [0.717, 1.165) is 25.0 Å². The van der Waals surface area contributed by atoms with Crippen molar-refractivity contribution in [2.24, 2.45) is 11.7 Å². The molecule has 5 heteroatoms. The molecule has 0 saturated carbocycles. The van der Waals surface area contributed by atoms with E-state index in [0.29, 0.717) is 19.0 Å². The molecule has 1 fully saturated rings. The summed E-state index contributed by atoms with van der Waals surface area (Å²) in [5.41, 5.74) is 5.90. The minimum atomic E-state index is -1.000. The van der Waals surface area contributed by atoms with Crippen LogP contribution in [0.2, 0.25) is 0 Å². The van der Waals surface area contributed by atoms with Crippen LogP contribution in [0.1, 0.15) is 30.1 Å². The van der Waals surface area contributed by atoms with Crippen LogP contribution in [0.5, 0.6) is 0 Å². The summed E-state index contributed by atoms with van der Waals surface area (Å²) in [4.78, 5) is 14.0. The van der Waals surface area contributed by atoms with Crippen molar-refractivity contribution in [2.45, 2.75) is 25.8 Å². The average Bonchev–Trinajstić information content (AvgIpc) is 2.40. The van der Waals surface area contributed by atoms with Crippen LogP contribution >= 0.6 is 0 Å². The lowest BCUT2D eigenvalue weighted by molar-refractivity contribution is 0.0532. The monoisotopic (exact) mass is 268 g/mol. The highest BCUT2D eigenvalue weighted by molar-refractivity contribution is 5.94. The van der Waals surface area contributed by atoms with Gasteiger partial charge in [0.05, 0.1) is 0 Å². The molecule has 0 aliphatic carbocycles. The standard InChI is InChI=1S/C14H18F2N2O/c1-9-3-2-6-18(13(9)8-17)14(19)10-4-5-11(15)12(16)7-10/h4-5,7,9,13H,2-3,6,8,17H2,1H3/t9-,13+/m1/s1. The summed E-state index contributed by atoms with van der Waals surface area (Å²) in [5.74, 6) is -1.90. The Labute approximate surface area is 111 Å². The van der Waals surface area contributed by atoms with Gasteiger partial charge in [0, 0.05) is 24.7 Å². The van der Waals surface area contributed by atoms with Crippen molar-refractivity contribution < 1.29 is 13.6 Å². The fraction of sp³-hybridized carbons (Fsp3) is 0.500. The molecule has 2 rings (SSSR count). The summed E-state index contributed by atoms with van der Waals surface area (Å²) < 4.78 is 26.1. The van der Waals surface area contributed by atoms with Crippen LogP contribution in [0.15, 0.2) is 18.2 Å². The second kappa shape index (κ2) is 5.65. The normalized spacial score (nSPS) is 23.5. The van der Waals surface area contributed by atoms with Gasteiger partial charge in [-0.3, -0.25) is 4.79 Å². The Morgan fingerprint density at radius 3 is 2.79 bits per heavy atom. The lowest BCUT2D eigenvalue weighted by Crippen LogP contribution is -2.51. The second-order valence-corrected chi connectivity index (χ2v) is 5.05. The van der Waals surface area contributed by atoms with Gasteiger partial charge >= 0.3 is 0 Å². The van der Waals surface area contributed by atoms with Gasteiger partial charge in [-0.2, -0.15) is 0 Å². The van der Waals surface area contributed by atoms with E-state index in [2.05, 4.69) is 6.92 Å². The van der Waals surface area contributed by atoms with E-state index >= 15 is 0 Å². The number of carbonyl (C=O) groups excluding carboxylic acids is 1. The Morgan fingerprint density at radius 2 is 2.16 bits per heavy atom. The summed E-state index contributed by atoms with van der Waals surface area (Å²) in [6, 6.07) is 3.21. The van der Waals surface area contributed by atoms with Crippen molar-refractivity contribution in [1.82, 2.24) is 4.90 Å². The van der Waals surface area contributed by atoms with E-state index < -0.39 is 11.6 Å². The highest BCUT2D eigenvalue weighted by Gasteiger charge is 2.31. The number of halogens is 2. The van der Waals surface area contributed by atoms with E-state index in [1.807, 2.05) is 0 Å². The number of benzene rings is 1. The summed E-state index contributed by atoms with van der Waals surface area (Å²) in [7, 11) is 0. The Bertz CT molecular complexity index is 479. The molecule has 0 spiro atoms. The number of amides is 1. The summed E-state index contributed by atoms with van der Waals surface area (Å²) in [6.45, 7) is 3.06. The molecule has 1 saturated heterocycles. The van der Waals surface area contributed by atoms with Gasteiger partial charge in [0.15, 0.2) is 11.6 Å². The van der Waals surface area contributed by atoms with Crippen LogP contribution in [0, 0.1) is 17.6 Å². The van der Waals surface area contributed by atoms with Crippen molar-refractivity contribution >= 4 is 5.91 Å². The molecule has 2 N–H and O–H groups in total. The third-order valence-corrected chi connectivity index (χ3v) is 3.78. The maximum Gasteiger partial charge on any atom is 0.254 e. The van der Waals surface area contributed by atoms with Gasteiger partial charge in [0.2, 0.25) is 0 Å². The van der Waals surface area contributed by atoms with Gasteiger partial charge in [0.25, 0.3) is 5.91 Å². The van der Waals surface area contributed by atoms with Gasteiger partial charge < -0.3 is 10.6 Å². The van der Waals surface area contributed by atoms with E-state index in [9.17, 15) is 13.6 Å². The molecule has 0 aromatic heterocycles. The first-order chi connectivity index (χ1) is 9.04. The van der Waals surface area contributed by atoms with E-state index in [-0.39, 0.29) is 17.5 Å². The van der Waals surface area contributed by atoms with Crippen LogP contribution < -0.4 is 5.73 Å². The van der Waals surface area contributed by atoms with Crippen LogP contribution in [0.4, 0.5) is 8.78 Å². The molecule has 1 aromatic rings. The minimum absolute atomic E-state index is 0.0330. The van der Waals surface area contributed by atoms with Gasteiger partial charge in [0.1, 0.15) is 0 Å². The third kappa shape index (κ3) is 2.76. The maximum absolute atomic E-state index is 13.2. The van der Waals surface area contributed by atoms with Crippen LogP contribution in [0.3, 0.4) is 0 Å². The molecule has 1 aliphatic heterocycles. The predicted octanol–water partition coefficient (Wildman–Crippen LogP) is 2.16. The fourth-order valence-electron chi connectivity index (χ4n) is 2.66. The molecule has 1 aliphatic rings. The van der Waals surface area contributed by atoms with E-state index in [1.165, 1.54) is 6.07 Å². The Kier molecular flexibility index (Phi) is 4.14. The molecule has 1 amide bonds. The number of nitrogens with two attached hydrogens (primary N) is 1. The molecule has 0 unspecified atom stereocenters. The number of nitrogens with zero attached hydrogens (tertiary/aromatic N) is 1. The fourth-order valence-corrected chi connectivity index (χ4v) is 2.66. The third-order valence-electron chi connectivity index (χ3n) is 3.78. The zero-order chi connectivity index (χ0) is 14.0. The maximum atomic E-state index is 13.2. The zero-order valence-electron chi connectivity index (χ0n) is 10.9. The first-order valence-corrected chi connectivity index (χ1v) is 6.50. The second-order valence-electron chi connectivity index (χ2n) is 5.05. The highest BCUT2D eigenvalue weighted by atomic mass is 19.2. The Balaban J connectivity index is 2.24. The zero-order valence-corrected chi connectivity index (χ0v) is 10.9. The molecule has 2 atom stereocenters. The average molecular weight is 268 g/mol. The van der Waals surface area contributed by atoms with Crippen molar-refractivity contribution in [3.8, 4) is 0 Å². The minimum Gasteiger partial charge on any atom is -0.334 e. The smallest absolute Gasteiger partial charge is 0.254 e. The lowest BCUT2D eigenvalue weighted by Gasteiger charge is -2.39. The van der Waals surface area contributed by atoms with Gasteiger partial charge in [-0.25, -0.2) is 8.78 Å². The first kappa shape index (κ1) is 13.9. The molecule has 3 nitrogen and oxygen atoms in total. The molecule has 1 aromatic carbocycles. The molecule has 0 radical (unpaired) electrons. The SMILES string of the molecule is C[C@@H]1CCCN(C(=O)c2ccc(F)c(F)c2)[C@H]1CN. The number of rotatable bonds is 2. The molecule has 0 bridgehead atoms. The number of carbonyl (C=O) groups is 1. The number of likely N-dealkylation sites (tertiary alicyclic amines) is 1. The van der Waals surface area contributed by atoms with Gasteiger partial charge in [-0.05, 0) is 37.0 Å². The largest absolute Gasteiger partial charge is 0.334 e. The van der Waals surface area contributed by atoms with Crippen molar-refractivity contribution in [3.05, 3.63) is 35.4 Å². The number of hydrogen-bond donors (Lipinski definition) is 1. The van der Waals surface area contributed by atoms with E-state index in [1.54, 1.807) is 4.90 Å². The summed E-state index contributed by atoms with van der Waals surface area (Å²) in [6.07, 6.45) is 1.94. The molecular weight excluding hydrogens is 250 g/mol. The topological polar surface area (TPSA) is 46.3 Å². The Hall–Kier alpha value is -1.49. The quantitative estimate of drug-likeness (QED) is 0.893. The number of hydrogen-bond acceptors (Lipinski definition) is 2. The predicted molar refractivity (Wildman–Crippen MR) is 68.6 cm³/mol. The van der Waals surface area contributed by atoms with Crippen LogP contribution in [-0.2, 0) is 0 Å². The van der Waals surface area contributed by atoms with Crippen molar-refractivity contribution in [1.29, 1.82) is 0 Å². The van der Waals surface area contributed by atoms with Crippen LogP contribution in [-0.4, -0.2) is 29.9 Å². The molecular formula is C14H18F2N2O.